The summed E-state index contributed by atoms with van der Waals surface area (Å²) in [6, 6.07) is 4.88. The molecule has 9 heteroatoms. The molecule has 1 amide bonds. The van der Waals surface area contributed by atoms with Gasteiger partial charge in [-0.15, -0.1) is 12.4 Å². The number of nitrogens with one attached hydrogen (secondary N) is 2. The van der Waals surface area contributed by atoms with Crippen LogP contribution in [0, 0.1) is 0 Å². The Morgan fingerprint density at radius 1 is 1.23 bits per heavy atom. The highest BCUT2D eigenvalue weighted by molar-refractivity contribution is 7.92. The van der Waals surface area contributed by atoms with Gasteiger partial charge in [0.05, 0.1) is 20.3 Å². The Kier molecular flexibility index (Phi) is 7.73. The molecule has 0 radical (unpaired) electrons. The number of benzene rings is 1. The molecule has 0 spiro atoms. The molecule has 26 heavy (non-hydrogen) atoms. The van der Waals surface area contributed by atoms with Gasteiger partial charge in [0.2, 0.25) is 5.91 Å². The Labute approximate surface area is 161 Å². The molecule has 0 saturated carbocycles. The van der Waals surface area contributed by atoms with Gasteiger partial charge < -0.3 is 20.1 Å². The van der Waals surface area contributed by atoms with Crippen molar-refractivity contribution in [1.82, 2.24) is 10.6 Å². The molecule has 1 aliphatic rings. The topological polar surface area (TPSA) is 93.7 Å². The zero-order valence-electron chi connectivity index (χ0n) is 15.5. The SMILES string of the molecule is COc1ccc(OC)c(C(C)NC(=O)C2(S(C)(=O)=O)CCNCC2)c1.Cl. The maximum atomic E-state index is 12.9. The van der Waals surface area contributed by atoms with Crippen LogP contribution in [0.5, 0.6) is 11.5 Å². The first kappa shape index (κ1) is 22.5. The van der Waals surface area contributed by atoms with Gasteiger partial charge in [-0.2, -0.15) is 0 Å². The molecule has 148 valence electrons. The van der Waals surface area contributed by atoms with Gasteiger partial charge in [-0.05, 0) is 51.1 Å². The maximum Gasteiger partial charge on any atom is 0.242 e. The monoisotopic (exact) mass is 406 g/mol. The van der Waals surface area contributed by atoms with Gasteiger partial charge in [0.15, 0.2) is 14.6 Å². The summed E-state index contributed by atoms with van der Waals surface area (Å²) in [5, 5.41) is 5.96. The second-order valence-electron chi connectivity index (χ2n) is 6.32. The van der Waals surface area contributed by atoms with E-state index in [4.69, 9.17) is 9.47 Å². The van der Waals surface area contributed by atoms with Gasteiger partial charge in [-0.1, -0.05) is 0 Å². The predicted octanol–water partition coefficient (Wildman–Crippen LogP) is 1.47. The van der Waals surface area contributed by atoms with Crippen LogP contribution in [0.15, 0.2) is 18.2 Å². The van der Waals surface area contributed by atoms with Crippen LogP contribution in [0.25, 0.3) is 0 Å². The highest BCUT2D eigenvalue weighted by Gasteiger charge is 2.48. The van der Waals surface area contributed by atoms with Crippen molar-refractivity contribution in [2.45, 2.75) is 30.6 Å². The summed E-state index contributed by atoms with van der Waals surface area (Å²) >= 11 is 0. The normalized spacial score (nSPS) is 17.5. The minimum Gasteiger partial charge on any atom is -0.497 e. The molecule has 0 aliphatic carbocycles. The fourth-order valence-electron chi connectivity index (χ4n) is 3.18. The molecule has 1 unspecified atom stereocenters. The number of hydrogen-bond acceptors (Lipinski definition) is 6. The van der Waals surface area contributed by atoms with Crippen molar-refractivity contribution in [2.75, 3.05) is 33.6 Å². The number of sulfone groups is 1. The standard InChI is InChI=1S/C17H26N2O5S.ClH/c1-12(14-11-13(23-2)5-6-15(14)24-3)19-16(20)17(25(4,21)22)7-9-18-10-8-17;/h5-6,11-12,18H,7-10H2,1-4H3,(H,19,20);1H. The van der Waals surface area contributed by atoms with Crippen molar-refractivity contribution in [1.29, 1.82) is 0 Å². The van der Waals surface area contributed by atoms with Gasteiger partial charge in [0, 0.05) is 11.8 Å². The van der Waals surface area contributed by atoms with Crippen molar-refractivity contribution in [3.8, 4) is 11.5 Å². The third kappa shape index (κ3) is 4.42. The number of methoxy groups -OCH3 is 2. The highest BCUT2D eigenvalue weighted by Crippen LogP contribution is 2.32. The zero-order valence-corrected chi connectivity index (χ0v) is 17.1. The van der Waals surface area contributed by atoms with Gasteiger partial charge in [0.1, 0.15) is 11.5 Å². The molecule has 1 aromatic carbocycles. The average Bonchev–Trinajstić information content (AvgIpc) is 2.60. The summed E-state index contributed by atoms with van der Waals surface area (Å²) in [6.07, 6.45) is 1.66. The molecule has 2 rings (SSSR count). The second-order valence-corrected chi connectivity index (χ2v) is 8.65. The molecule has 0 aromatic heterocycles. The minimum absolute atomic E-state index is 0. The lowest BCUT2D eigenvalue weighted by atomic mass is 9.95. The molecule has 1 fully saturated rings. The van der Waals surface area contributed by atoms with Crippen molar-refractivity contribution < 1.29 is 22.7 Å². The summed E-state index contributed by atoms with van der Waals surface area (Å²) < 4.78 is 33.9. The summed E-state index contributed by atoms with van der Waals surface area (Å²) in [6.45, 7) is 2.79. The van der Waals surface area contributed by atoms with Crippen LogP contribution in [0.4, 0.5) is 0 Å². The Morgan fingerprint density at radius 3 is 2.35 bits per heavy atom. The molecule has 7 nitrogen and oxygen atoms in total. The van der Waals surface area contributed by atoms with Crippen LogP contribution in [0.3, 0.4) is 0 Å². The van der Waals surface area contributed by atoms with E-state index in [9.17, 15) is 13.2 Å². The largest absolute Gasteiger partial charge is 0.497 e. The number of carbonyl (C=O) groups excluding carboxylic acids is 1. The van der Waals surface area contributed by atoms with E-state index >= 15 is 0 Å². The molecule has 1 aliphatic heterocycles. The van der Waals surface area contributed by atoms with E-state index in [1.54, 1.807) is 39.3 Å². The van der Waals surface area contributed by atoms with E-state index in [0.717, 1.165) is 11.8 Å². The summed E-state index contributed by atoms with van der Waals surface area (Å²) in [7, 11) is -0.447. The number of ether oxygens (including phenoxy) is 2. The van der Waals surface area contributed by atoms with Gasteiger partial charge in [-0.25, -0.2) is 8.42 Å². The van der Waals surface area contributed by atoms with Crippen molar-refractivity contribution in [3.63, 3.8) is 0 Å². The first-order chi connectivity index (χ1) is 11.7. The zero-order chi connectivity index (χ0) is 18.7. The lowest BCUT2D eigenvalue weighted by Crippen LogP contribution is -2.57. The Balaban J connectivity index is 0.00000338. The molecular formula is C17H27ClN2O5S. The maximum absolute atomic E-state index is 12.9. The van der Waals surface area contributed by atoms with E-state index < -0.39 is 26.5 Å². The number of carbonyl (C=O) groups is 1. The molecule has 1 aromatic rings. The van der Waals surface area contributed by atoms with E-state index in [0.29, 0.717) is 24.6 Å². The predicted molar refractivity (Wildman–Crippen MR) is 103 cm³/mol. The highest BCUT2D eigenvalue weighted by atomic mass is 35.5. The Hall–Kier alpha value is -1.51. The third-order valence-corrected chi connectivity index (χ3v) is 6.80. The molecule has 0 bridgehead atoms. The molecule has 1 heterocycles. The minimum atomic E-state index is -3.55. The third-order valence-electron chi connectivity index (χ3n) is 4.79. The lowest BCUT2D eigenvalue weighted by molar-refractivity contribution is -0.125. The van der Waals surface area contributed by atoms with E-state index in [-0.39, 0.29) is 25.2 Å². The van der Waals surface area contributed by atoms with Crippen molar-refractivity contribution >= 4 is 28.2 Å². The lowest BCUT2D eigenvalue weighted by Gasteiger charge is -2.35. The fourth-order valence-corrected chi connectivity index (χ4v) is 4.52. The fraction of sp³-hybridized carbons (Fsp3) is 0.588. The molecule has 1 atom stereocenters. The van der Waals surface area contributed by atoms with Crippen molar-refractivity contribution in [3.05, 3.63) is 23.8 Å². The van der Waals surface area contributed by atoms with E-state index in [2.05, 4.69) is 10.6 Å². The summed E-state index contributed by atoms with van der Waals surface area (Å²) in [5.41, 5.74) is 0.729. The van der Waals surface area contributed by atoms with Gasteiger partial charge >= 0.3 is 0 Å². The summed E-state index contributed by atoms with van der Waals surface area (Å²) in [4.78, 5) is 12.9. The van der Waals surface area contributed by atoms with Gasteiger partial charge in [-0.3, -0.25) is 4.79 Å². The molecule has 2 N–H and O–H groups in total. The number of halogens is 1. The first-order valence-corrected chi connectivity index (χ1v) is 10.1. The Morgan fingerprint density at radius 2 is 1.85 bits per heavy atom. The number of rotatable bonds is 6. The summed E-state index contributed by atoms with van der Waals surface area (Å²) in [5.74, 6) is 0.776. The van der Waals surface area contributed by atoms with Crippen molar-refractivity contribution in [2.24, 2.45) is 0 Å². The van der Waals surface area contributed by atoms with Crippen LogP contribution >= 0.6 is 12.4 Å². The second kappa shape index (κ2) is 8.92. The number of piperidine rings is 1. The van der Waals surface area contributed by atoms with E-state index in [1.807, 2.05) is 0 Å². The van der Waals surface area contributed by atoms with Gasteiger partial charge in [0.25, 0.3) is 0 Å². The quantitative estimate of drug-likeness (QED) is 0.743. The average molecular weight is 407 g/mol. The number of hydrogen-bond donors (Lipinski definition) is 2. The van der Waals surface area contributed by atoms with Crippen LogP contribution in [0.1, 0.15) is 31.4 Å². The van der Waals surface area contributed by atoms with Crippen LogP contribution in [-0.4, -0.2) is 52.6 Å². The Bertz CT molecular complexity index is 733. The van der Waals surface area contributed by atoms with Crippen LogP contribution < -0.4 is 20.1 Å². The molecular weight excluding hydrogens is 380 g/mol. The van der Waals surface area contributed by atoms with E-state index in [1.165, 1.54) is 0 Å². The molecule has 1 saturated heterocycles. The first-order valence-electron chi connectivity index (χ1n) is 8.18. The van der Waals surface area contributed by atoms with Crippen LogP contribution in [-0.2, 0) is 14.6 Å². The number of amides is 1. The smallest absolute Gasteiger partial charge is 0.242 e. The van der Waals surface area contributed by atoms with Crippen LogP contribution in [0.2, 0.25) is 0 Å².